The highest BCUT2D eigenvalue weighted by atomic mass is 19.1. The monoisotopic (exact) mass is 296 g/mol. The third kappa shape index (κ3) is 5.92. The molecular weight excluding hydrogens is 267 g/mol. The Morgan fingerprint density at radius 3 is 2.57 bits per heavy atom. The van der Waals surface area contributed by atoms with E-state index in [4.69, 9.17) is 10.5 Å². The van der Waals surface area contributed by atoms with Crippen molar-refractivity contribution in [2.24, 2.45) is 5.73 Å². The van der Waals surface area contributed by atoms with Crippen LogP contribution in [0.5, 0.6) is 5.75 Å². The Morgan fingerprint density at radius 1 is 1.24 bits per heavy atom. The number of hydrogen-bond donors (Lipinski definition) is 2. The topological polar surface area (TPSA) is 47.3 Å². The summed E-state index contributed by atoms with van der Waals surface area (Å²) >= 11 is 0. The van der Waals surface area contributed by atoms with E-state index in [1.54, 1.807) is 19.2 Å². The van der Waals surface area contributed by atoms with Gasteiger partial charge in [0, 0.05) is 18.2 Å². The summed E-state index contributed by atoms with van der Waals surface area (Å²) < 4.78 is 19.0. The fourth-order valence-electron chi connectivity index (χ4n) is 2.39. The highest BCUT2D eigenvalue weighted by Crippen LogP contribution is 2.26. The van der Waals surface area contributed by atoms with Crippen molar-refractivity contribution in [1.82, 2.24) is 0 Å². The number of nitrogens with two attached hydrogens (primary N) is 1. The molecule has 1 aromatic carbocycles. The van der Waals surface area contributed by atoms with Crippen LogP contribution in [0.3, 0.4) is 0 Å². The first-order valence-corrected chi connectivity index (χ1v) is 7.86. The van der Waals surface area contributed by atoms with Crippen molar-refractivity contribution in [2.45, 2.75) is 57.9 Å². The molecule has 0 bridgehead atoms. The second kappa shape index (κ2) is 8.88. The fraction of sp³-hybridized carbons (Fsp3) is 0.647. The molecule has 1 unspecified atom stereocenters. The largest absolute Gasteiger partial charge is 0.497 e. The Hall–Kier alpha value is -1.29. The van der Waals surface area contributed by atoms with Gasteiger partial charge in [0.05, 0.1) is 12.8 Å². The molecule has 0 fully saturated rings. The minimum absolute atomic E-state index is 0.276. The smallest absolute Gasteiger partial charge is 0.146 e. The van der Waals surface area contributed by atoms with E-state index in [2.05, 4.69) is 12.2 Å². The Morgan fingerprint density at radius 2 is 1.95 bits per heavy atom. The molecular formula is C17H29FN2O. The van der Waals surface area contributed by atoms with Crippen molar-refractivity contribution in [2.75, 3.05) is 19.0 Å². The second-order valence-electron chi connectivity index (χ2n) is 5.90. The minimum atomic E-state index is -0.292. The van der Waals surface area contributed by atoms with Crippen molar-refractivity contribution in [3.8, 4) is 5.75 Å². The summed E-state index contributed by atoms with van der Waals surface area (Å²) in [6.07, 6.45) is 7.01. The zero-order chi connectivity index (χ0) is 15.7. The van der Waals surface area contributed by atoms with Crippen LogP contribution < -0.4 is 15.8 Å². The van der Waals surface area contributed by atoms with E-state index in [1.807, 2.05) is 6.92 Å². The molecule has 0 spiro atoms. The Labute approximate surface area is 128 Å². The van der Waals surface area contributed by atoms with Crippen LogP contribution in [0.15, 0.2) is 18.2 Å². The number of anilines is 1. The van der Waals surface area contributed by atoms with Crippen LogP contribution >= 0.6 is 0 Å². The van der Waals surface area contributed by atoms with Gasteiger partial charge in [-0.15, -0.1) is 0 Å². The average molecular weight is 296 g/mol. The van der Waals surface area contributed by atoms with E-state index >= 15 is 0 Å². The van der Waals surface area contributed by atoms with E-state index in [9.17, 15) is 4.39 Å². The first-order chi connectivity index (χ1) is 10.0. The lowest BCUT2D eigenvalue weighted by Gasteiger charge is -2.31. The summed E-state index contributed by atoms with van der Waals surface area (Å²) in [6.45, 7) is 4.72. The van der Waals surface area contributed by atoms with Crippen LogP contribution in [0.4, 0.5) is 10.1 Å². The molecule has 0 saturated heterocycles. The number of hydrogen-bond acceptors (Lipinski definition) is 3. The normalized spacial score (nSPS) is 13.8. The standard InChI is InChI=1S/C17H29FN2O/c1-4-5-6-7-8-11-17(2,13-19)20-16-12-14(21-3)9-10-15(16)18/h9-10,12,20H,4-8,11,13,19H2,1-3H3. The molecule has 0 aromatic heterocycles. The molecule has 0 aliphatic carbocycles. The summed E-state index contributed by atoms with van der Waals surface area (Å²) in [5, 5.41) is 3.26. The van der Waals surface area contributed by atoms with Crippen LogP contribution in [-0.2, 0) is 0 Å². The van der Waals surface area contributed by atoms with Gasteiger partial charge >= 0.3 is 0 Å². The van der Waals surface area contributed by atoms with E-state index in [1.165, 1.54) is 31.7 Å². The number of nitrogens with one attached hydrogen (secondary N) is 1. The highest BCUT2D eigenvalue weighted by molar-refractivity contribution is 5.51. The van der Waals surface area contributed by atoms with Gasteiger partial charge in [-0.05, 0) is 25.5 Å². The summed E-state index contributed by atoms with van der Waals surface area (Å²) in [4.78, 5) is 0. The van der Waals surface area contributed by atoms with Crippen LogP contribution in [-0.4, -0.2) is 19.2 Å². The van der Waals surface area contributed by atoms with Crippen LogP contribution in [0, 0.1) is 5.82 Å². The zero-order valence-corrected chi connectivity index (χ0v) is 13.5. The molecule has 4 heteroatoms. The van der Waals surface area contributed by atoms with Gasteiger partial charge in [-0.2, -0.15) is 0 Å². The molecule has 1 aromatic rings. The molecule has 3 nitrogen and oxygen atoms in total. The number of unbranched alkanes of at least 4 members (excludes halogenated alkanes) is 4. The Kier molecular flexibility index (Phi) is 7.51. The van der Waals surface area contributed by atoms with E-state index in [0.29, 0.717) is 18.0 Å². The number of benzene rings is 1. The van der Waals surface area contributed by atoms with Crippen LogP contribution in [0.1, 0.15) is 52.4 Å². The molecule has 0 aliphatic rings. The molecule has 0 amide bonds. The van der Waals surface area contributed by atoms with Gasteiger partial charge in [-0.25, -0.2) is 4.39 Å². The zero-order valence-electron chi connectivity index (χ0n) is 13.5. The summed E-state index contributed by atoms with van der Waals surface area (Å²) in [5.74, 6) is 0.364. The van der Waals surface area contributed by atoms with Crippen molar-refractivity contribution >= 4 is 5.69 Å². The first-order valence-electron chi connectivity index (χ1n) is 7.86. The Balaban J connectivity index is 2.62. The van der Waals surface area contributed by atoms with Crippen molar-refractivity contribution in [1.29, 1.82) is 0 Å². The molecule has 21 heavy (non-hydrogen) atoms. The van der Waals surface area contributed by atoms with Crippen molar-refractivity contribution in [3.05, 3.63) is 24.0 Å². The first kappa shape index (κ1) is 17.8. The maximum absolute atomic E-state index is 13.9. The molecule has 120 valence electrons. The lowest BCUT2D eigenvalue weighted by molar-refractivity contribution is 0.412. The third-order valence-electron chi connectivity index (χ3n) is 3.89. The van der Waals surface area contributed by atoms with Gasteiger partial charge in [0.25, 0.3) is 0 Å². The van der Waals surface area contributed by atoms with Crippen molar-refractivity contribution < 1.29 is 9.13 Å². The van der Waals surface area contributed by atoms with Gasteiger partial charge in [0.15, 0.2) is 0 Å². The molecule has 0 saturated carbocycles. The van der Waals surface area contributed by atoms with Gasteiger partial charge in [-0.1, -0.05) is 39.0 Å². The molecule has 0 radical (unpaired) electrons. The van der Waals surface area contributed by atoms with Crippen LogP contribution in [0.2, 0.25) is 0 Å². The van der Waals surface area contributed by atoms with Gasteiger partial charge in [0.1, 0.15) is 11.6 Å². The summed E-state index contributed by atoms with van der Waals surface area (Å²) in [7, 11) is 1.58. The van der Waals surface area contributed by atoms with E-state index in [-0.39, 0.29) is 11.4 Å². The lowest BCUT2D eigenvalue weighted by atomic mass is 9.93. The lowest BCUT2D eigenvalue weighted by Crippen LogP contribution is -2.42. The quantitative estimate of drug-likeness (QED) is 0.632. The number of rotatable bonds is 10. The maximum Gasteiger partial charge on any atom is 0.146 e. The van der Waals surface area contributed by atoms with Crippen LogP contribution in [0.25, 0.3) is 0 Å². The summed E-state index contributed by atoms with van der Waals surface area (Å²) in [5.41, 5.74) is 6.06. The Bertz CT molecular complexity index is 425. The summed E-state index contributed by atoms with van der Waals surface area (Å²) in [6, 6.07) is 4.71. The minimum Gasteiger partial charge on any atom is -0.497 e. The van der Waals surface area contributed by atoms with E-state index in [0.717, 1.165) is 12.8 Å². The third-order valence-corrected chi connectivity index (χ3v) is 3.89. The molecule has 0 aliphatic heterocycles. The molecule has 1 rings (SSSR count). The molecule has 3 N–H and O–H groups in total. The predicted octanol–water partition coefficient (Wildman–Crippen LogP) is 4.32. The maximum atomic E-state index is 13.9. The highest BCUT2D eigenvalue weighted by Gasteiger charge is 2.23. The van der Waals surface area contributed by atoms with Crippen molar-refractivity contribution in [3.63, 3.8) is 0 Å². The molecule has 1 atom stereocenters. The second-order valence-corrected chi connectivity index (χ2v) is 5.90. The van der Waals surface area contributed by atoms with E-state index < -0.39 is 0 Å². The number of halogens is 1. The predicted molar refractivity (Wildman–Crippen MR) is 87.4 cm³/mol. The van der Waals surface area contributed by atoms with Gasteiger partial charge in [-0.3, -0.25) is 0 Å². The van der Waals surface area contributed by atoms with Gasteiger partial charge < -0.3 is 15.8 Å². The number of ether oxygens (including phenoxy) is 1. The fourth-order valence-corrected chi connectivity index (χ4v) is 2.39. The molecule has 0 heterocycles. The number of methoxy groups -OCH3 is 1. The SMILES string of the molecule is CCCCCCCC(C)(CN)Nc1cc(OC)ccc1F. The average Bonchev–Trinajstić information content (AvgIpc) is 2.49. The van der Waals surface area contributed by atoms with Gasteiger partial charge in [0.2, 0.25) is 0 Å².